The van der Waals surface area contributed by atoms with Gasteiger partial charge in [0, 0.05) is 6.54 Å². The van der Waals surface area contributed by atoms with Gasteiger partial charge in [0.2, 0.25) is 5.91 Å². The number of hydrogen-bond donors (Lipinski definition) is 1. The first-order valence-electron chi connectivity index (χ1n) is 7.10. The molecule has 120 valence electrons. The summed E-state index contributed by atoms with van der Waals surface area (Å²) in [6, 6.07) is 2.05. The van der Waals surface area contributed by atoms with Crippen molar-refractivity contribution in [2.45, 2.75) is 45.3 Å². The van der Waals surface area contributed by atoms with E-state index in [1.807, 2.05) is 19.9 Å². The molecule has 2 atom stereocenters. The van der Waals surface area contributed by atoms with E-state index in [-0.39, 0.29) is 25.4 Å². The van der Waals surface area contributed by atoms with Crippen molar-refractivity contribution in [2.24, 2.45) is 11.8 Å². The summed E-state index contributed by atoms with van der Waals surface area (Å²) in [7, 11) is 0. The molecule has 0 aliphatic carbocycles. The quantitative estimate of drug-likeness (QED) is 0.867. The predicted molar refractivity (Wildman–Crippen MR) is 72.2 cm³/mol. The van der Waals surface area contributed by atoms with Crippen molar-refractivity contribution in [3.8, 4) is 6.07 Å². The predicted octanol–water partition coefficient (Wildman–Crippen LogP) is 2.32. The lowest BCUT2D eigenvalue weighted by atomic mass is 9.90. The summed E-state index contributed by atoms with van der Waals surface area (Å²) in [5.74, 6) is -1.86. The van der Waals surface area contributed by atoms with Crippen LogP contribution in [-0.2, 0) is 4.79 Å². The maximum absolute atomic E-state index is 12.7. The summed E-state index contributed by atoms with van der Waals surface area (Å²) in [4.78, 5) is 13.5. The molecule has 21 heavy (non-hydrogen) atoms. The number of halogens is 3. The summed E-state index contributed by atoms with van der Waals surface area (Å²) in [5.41, 5.74) is -1.00. The van der Waals surface area contributed by atoms with Crippen molar-refractivity contribution in [2.75, 3.05) is 19.6 Å². The van der Waals surface area contributed by atoms with Gasteiger partial charge >= 0.3 is 6.18 Å². The number of piperidine rings is 1. The van der Waals surface area contributed by atoms with Gasteiger partial charge in [-0.1, -0.05) is 13.8 Å². The van der Waals surface area contributed by atoms with E-state index in [0.29, 0.717) is 13.0 Å². The first kappa shape index (κ1) is 17.8. The van der Waals surface area contributed by atoms with E-state index in [2.05, 4.69) is 5.32 Å². The Balaban J connectivity index is 2.57. The van der Waals surface area contributed by atoms with Gasteiger partial charge < -0.3 is 5.32 Å². The second-order valence-corrected chi connectivity index (χ2v) is 6.13. The maximum Gasteiger partial charge on any atom is 0.393 e. The summed E-state index contributed by atoms with van der Waals surface area (Å²) in [5, 5.41) is 11.8. The molecule has 1 saturated heterocycles. The Morgan fingerprint density at radius 1 is 1.48 bits per heavy atom. The molecule has 1 amide bonds. The van der Waals surface area contributed by atoms with E-state index < -0.39 is 23.5 Å². The molecule has 0 bridgehead atoms. The highest BCUT2D eigenvalue weighted by Gasteiger charge is 2.42. The van der Waals surface area contributed by atoms with Crippen molar-refractivity contribution >= 4 is 5.91 Å². The SMILES string of the molecule is CC(C)[C@@](C)(C#N)NC(=O)CN1CCC[C@@H](C(F)(F)F)C1. The number of nitrogens with one attached hydrogen (secondary N) is 1. The molecule has 4 nitrogen and oxygen atoms in total. The van der Waals surface area contributed by atoms with Crippen LogP contribution in [0.3, 0.4) is 0 Å². The maximum atomic E-state index is 12.7. The lowest BCUT2D eigenvalue weighted by Gasteiger charge is -2.34. The minimum absolute atomic E-state index is 0.0873. The van der Waals surface area contributed by atoms with Crippen LogP contribution in [0.2, 0.25) is 0 Å². The van der Waals surface area contributed by atoms with Gasteiger partial charge in [0.1, 0.15) is 5.54 Å². The van der Waals surface area contributed by atoms with Gasteiger partial charge in [-0.3, -0.25) is 9.69 Å². The second kappa shape index (κ2) is 6.65. The fraction of sp³-hybridized carbons (Fsp3) is 0.857. The standard InChI is InChI=1S/C14H22F3N3O/c1-10(2)13(3,9-18)19-12(21)8-20-6-4-5-11(7-20)14(15,16)17/h10-11H,4-8H2,1-3H3,(H,19,21)/t11-,13-/m1/s1. The van der Waals surface area contributed by atoms with Crippen molar-refractivity contribution in [1.82, 2.24) is 10.2 Å². The molecule has 7 heteroatoms. The Labute approximate surface area is 123 Å². The molecule has 1 N–H and O–H groups in total. The number of carbonyl (C=O) groups is 1. The fourth-order valence-electron chi connectivity index (χ4n) is 2.30. The highest BCUT2D eigenvalue weighted by atomic mass is 19.4. The van der Waals surface area contributed by atoms with E-state index in [9.17, 15) is 18.0 Å². The topological polar surface area (TPSA) is 56.1 Å². The molecular formula is C14H22F3N3O. The number of alkyl halides is 3. The monoisotopic (exact) mass is 305 g/mol. The molecule has 0 saturated carbocycles. The van der Waals surface area contributed by atoms with Crippen molar-refractivity contribution in [3.05, 3.63) is 0 Å². The molecule has 1 aliphatic rings. The van der Waals surface area contributed by atoms with Crippen LogP contribution in [0.5, 0.6) is 0 Å². The van der Waals surface area contributed by atoms with Crippen molar-refractivity contribution in [3.63, 3.8) is 0 Å². The molecule has 0 unspecified atom stereocenters. The van der Waals surface area contributed by atoms with Crippen LogP contribution in [0.25, 0.3) is 0 Å². The van der Waals surface area contributed by atoms with Crippen LogP contribution in [0.15, 0.2) is 0 Å². The van der Waals surface area contributed by atoms with E-state index in [1.165, 1.54) is 4.90 Å². The first-order valence-corrected chi connectivity index (χ1v) is 7.10. The van der Waals surface area contributed by atoms with E-state index in [0.717, 1.165) is 0 Å². The Hall–Kier alpha value is -1.29. The van der Waals surface area contributed by atoms with Crippen LogP contribution in [0.1, 0.15) is 33.6 Å². The van der Waals surface area contributed by atoms with E-state index in [4.69, 9.17) is 5.26 Å². The number of amides is 1. The molecule has 1 heterocycles. The van der Waals surface area contributed by atoms with Crippen LogP contribution in [0.4, 0.5) is 13.2 Å². The number of rotatable bonds is 4. The Morgan fingerprint density at radius 3 is 2.57 bits per heavy atom. The molecule has 0 aromatic carbocycles. The number of hydrogen-bond acceptors (Lipinski definition) is 3. The lowest BCUT2D eigenvalue weighted by Crippen LogP contribution is -2.53. The van der Waals surface area contributed by atoms with Crippen LogP contribution in [-0.4, -0.2) is 42.2 Å². The van der Waals surface area contributed by atoms with Gasteiger partial charge in [-0.15, -0.1) is 0 Å². The van der Waals surface area contributed by atoms with Gasteiger partial charge in [0.05, 0.1) is 18.5 Å². The molecule has 0 radical (unpaired) electrons. The summed E-state index contributed by atoms with van der Waals surface area (Å²) in [6.45, 7) is 5.46. The third-order valence-electron chi connectivity index (χ3n) is 4.12. The highest BCUT2D eigenvalue weighted by Crippen LogP contribution is 2.32. The molecular weight excluding hydrogens is 283 g/mol. The third-order valence-corrected chi connectivity index (χ3v) is 4.12. The molecule has 0 spiro atoms. The number of carbonyl (C=O) groups excluding carboxylic acids is 1. The van der Waals surface area contributed by atoms with E-state index >= 15 is 0 Å². The Bertz CT molecular complexity index is 417. The van der Waals surface area contributed by atoms with Crippen molar-refractivity contribution in [1.29, 1.82) is 5.26 Å². The van der Waals surface area contributed by atoms with Crippen LogP contribution in [0, 0.1) is 23.2 Å². The minimum atomic E-state index is -4.21. The zero-order chi connectivity index (χ0) is 16.3. The second-order valence-electron chi connectivity index (χ2n) is 6.13. The normalized spacial score (nSPS) is 23.4. The fourth-order valence-corrected chi connectivity index (χ4v) is 2.30. The van der Waals surface area contributed by atoms with Gasteiger partial charge in [-0.05, 0) is 32.2 Å². The third kappa shape index (κ3) is 4.88. The zero-order valence-electron chi connectivity index (χ0n) is 12.6. The van der Waals surface area contributed by atoms with Crippen LogP contribution < -0.4 is 5.32 Å². The van der Waals surface area contributed by atoms with E-state index in [1.54, 1.807) is 6.92 Å². The molecule has 0 aromatic rings. The number of nitrogens with zero attached hydrogens (tertiary/aromatic N) is 2. The molecule has 1 fully saturated rings. The highest BCUT2D eigenvalue weighted by molar-refractivity contribution is 5.79. The van der Waals surface area contributed by atoms with Crippen molar-refractivity contribution < 1.29 is 18.0 Å². The van der Waals surface area contributed by atoms with Gasteiger partial charge in [0.25, 0.3) is 0 Å². The van der Waals surface area contributed by atoms with Crippen LogP contribution >= 0.6 is 0 Å². The zero-order valence-corrected chi connectivity index (χ0v) is 12.6. The molecule has 1 rings (SSSR count). The smallest absolute Gasteiger partial charge is 0.337 e. The number of nitriles is 1. The number of likely N-dealkylation sites (tertiary alicyclic amines) is 1. The lowest BCUT2D eigenvalue weighted by molar-refractivity contribution is -0.187. The average molecular weight is 305 g/mol. The first-order chi connectivity index (χ1) is 9.58. The molecule has 0 aromatic heterocycles. The Morgan fingerprint density at radius 2 is 2.10 bits per heavy atom. The largest absolute Gasteiger partial charge is 0.393 e. The Kier molecular flexibility index (Phi) is 5.62. The van der Waals surface area contributed by atoms with Gasteiger partial charge in [-0.25, -0.2) is 0 Å². The summed E-state index contributed by atoms with van der Waals surface area (Å²) >= 11 is 0. The van der Waals surface area contributed by atoms with Gasteiger partial charge in [0.15, 0.2) is 0 Å². The molecule has 1 aliphatic heterocycles. The summed E-state index contributed by atoms with van der Waals surface area (Å²) < 4.78 is 38.1. The minimum Gasteiger partial charge on any atom is -0.337 e. The van der Waals surface area contributed by atoms with Gasteiger partial charge in [-0.2, -0.15) is 18.4 Å². The average Bonchev–Trinajstić information content (AvgIpc) is 2.37. The summed E-state index contributed by atoms with van der Waals surface area (Å²) in [6.07, 6.45) is -3.67.